The molecule has 2 saturated carbocycles. The molecule has 12 heavy (non-hydrogen) atoms. The van der Waals surface area contributed by atoms with Crippen molar-refractivity contribution in [2.75, 3.05) is 0 Å². The highest BCUT2D eigenvalue weighted by molar-refractivity contribution is 5.01. The molecule has 2 rings (SSSR count). The lowest BCUT2D eigenvalue weighted by Gasteiger charge is -2.16. The lowest BCUT2D eigenvalue weighted by atomic mass is 9.94. The van der Waals surface area contributed by atoms with Gasteiger partial charge in [-0.15, -0.1) is 6.58 Å². The van der Waals surface area contributed by atoms with E-state index >= 15 is 0 Å². The first-order valence-electron chi connectivity index (χ1n) is 5.12. The molecule has 0 aliphatic heterocycles. The van der Waals surface area contributed by atoms with Crippen molar-refractivity contribution in [3.8, 4) is 0 Å². The van der Waals surface area contributed by atoms with E-state index < -0.39 is 0 Å². The summed E-state index contributed by atoms with van der Waals surface area (Å²) in [7, 11) is 0. The number of fused-ring (bicyclic) bond motifs is 1. The van der Waals surface area contributed by atoms with Gasteiger partial charge in [-0.1, -0.05) is 6.08 Å². The van der Waals surface area contributed by atoms with E-state index in [0.29, 0.717) is 5.92 Å². The molecule has 1 nitrogen and oxygen atoms in total. The Kier molecular flexibility index (Phi) is 2.22. The quantitative estimate of drug-likeness (QED) is 0.502. The van der Waals surface area contributed by atoms with Crippen LogP contribution in [0.5, 0.6) is 0 Å². The lowest BCUT2D eigenvalue weighted by Crippen LogP contribution is -2.17. The average Bonchev–Trinajstić information content (AvgIpc) is 2.72. The summed E-state index contributed by atoms with van der Waals surface area (Å²) in [5.41, 5.74) is 0. The van der Waals surface area contributed by atoms with Gasteiger partial charge < -0.3 is 5.11 Å². The van der Waals surface area contributed by atoms with Gasteiger partial charge in [0.2, 0.25) is 0 Å². The van der Waals surface area contributed by atoms with Crippen LogP contribution in [0.2, 0.25) is 0 Å². The van der Waals surface area contributed by atoms with Gasteiger partial charge in [0.05, 0.1) is 6.10 Å². The van der Waals surface area contributed by atoms with E-state index in [-0.39, 0.29) is 6.10 Å². The van der Waals surface area contributed by atoms with Crippen LogP contribution >= 0.6 is 0 Å². The number of allylic oxidation sites excluding steroid dienone is 1. The van der Waals surface area contributed by atoms with Crippen LogP contribution in [0.4, 0.5) is 0 Å². The van der Waals surface area contributed by atoms with Crippen LogP contribution in [-0.2, 0) is 0 Å². The fourth-order valence-electron chi connectivity index (χ4n) is 2.74. The Labute approximate surface area is 74.5 Å². The normalized spacial score (nSPS) is 44.1. The van der Waals surface area contributed by atoms with Gasteiger partial charge in [0.15, 0.2) is 0 Å². The van der Waals surface area contributed by atoms with E-state index in [2.05, 4.69) is 6.58 Å². The summed E-state index contributed by atoms with van der Waals surface area (Å²) < 4.78 is 0. The Morgan fingerprint density at radius 3 is 2.83 bits per heavy atom. The van der Waals surface area contributed by atoms with Crippen LogP contribution in [0.25, 0.3) is 0 Å². The zero-order chi connectivity index (χ0) is 8.55. The highest BCUT2D eigenvalue weighted by atomic mass is 16.3. The number of hydrogen-bond acceptors (Lipinski definition) is 1. The molecule has 0 amide bonds. The monoisotopic (exact) mass is 166 g/mol. The van der Waals surface area contributed by atoms with Crippen molar-refractivity contribution in [2.45, 2.75) is 38.2 Å². The van der Waals surface area contributed by atoms with Gasteiger partial charge in [0, 0.05) is 0 Å². The van der Waals surface area contributed by atoms with Crippen molar-refractivity contribution >= 4 is 0 Å². The van der Waals surface area contributed by atoms with Gasteiger partial charge >= 0.3 is 0 Å². The molecule has 2 aliphatic carbocycles. The zero-order valence-electron chi connectivity index (χ0n) is 7.58. The standard InChI is InChI=1S/C11H18O/c1-2-3-4-5-9-10-6-8(10)7-11(9)12/h2,8-12H,1,3-7H2/t8-,9+,10-,11-/m0/s1. The maximum Gasteiger partial charge on any atom is 0.0573 e. The molecule has 68 valence electrons. The highest BCUT2D eigenvalue weighted by Gasteiger charge is 2.52. The summed E-state index contributed by atoms with van der Waals surface area (Å²) in [5, 5.41) is 9.66. The molecule has 0 spiro atoms. The smallest absolute Gasteiger partial charge is 0.0573 e. The highest BCUT2D eigenvalue weighted by Crippen LogP contribution is 2.56. The van der Waals surface area contributed by atoms with E-state index in [1.165, 1.54) is 19.3 Å². The van der Waals surface area contributed by atoms with Gasteiger partial charge in [0.1, 0.15) is 0 Å². The van der Waals surface area contributed by atoms with Crippen molar-refractivity contribution in [2.24, 2.45) is 17.8 Å². The molecular formula is C11H18O. The molecule has 0 radical (unpaired) electrons. The number of aliphatic hydroxyl groups excluding tert-OH is 1. The fraction of sp³-hybridized carbons (Fsp3) is 0.818. The van der Waals surface area contributed by atoms with Gasteiger partial charge in [-0.2, -0.15) is 0 Å². The van der Waals surface area contributed by atoms with Crippen LogP contribution in [0.3, 0.4) is 0 Å². The largest absolute Gasteiger partial charge is 0.393 e. The summed E-state index contributed by atoms with van der Waals surface area (Å²) in [4.78, 5) is 0. The summed E-state index contributed by atoms with van der Waals surface area (Å²) >= 11 is 0. The van der Waals surface area contributed by atoms with Crippen molar-refractivity contribution in [3.05, 3.63) is 12.7 Å². The second-order valence-electron chi connectivity index (χ2n) is 4.35. The maximum absolute atomic E-state index is 9.66. The third-order valence-corrected chi connectivity index (χ3v) is 3.51. The van der Waals surface area contributed by atoms with Crippen molar-refractivity contribution < 1.29 is 5.11 Å². The molecule has 0 heterocycles. The maximum atomic E-state index is 9.66. The van der Waals surface area contributed by atoms with Gasteiger partial charge in [-0.25, -0.2) is 0 Å². The minimum Gasteiger partial charge on any atom is -0.393 e. The number of rotatable bonds is 4. The average molecular weight is 166 g/mol. The minimum atomic E-state index is 0.0264. The summed E-state index contributed by atoms with van der Waals surface area (Å²) in [5.74, 6) is 2.42. The van der Waals surface area contributed by atoms with Crippen LogP contribution in [0, 0.1) is 17.8 Å². The van der Waals surface area contributed by atoms with E-state index in [0.717, 1.165) is 24.7 Å². The fourth-order valence-corrected chi connectivity index (χ4v) is 2.74. The van der Waals surface area contributed by atoms with Gasteiger partial charge in [-0.3, -0.25) is 0 Å². The number of aliphatic hydroxyl groups is 1. The predicted octanol–water partition coefficient (Wildman–Crippen LogP) is 2.36. The Morgan fingerprint density at radius 1 is 1.42 bits per heavy atom. The molecule has 0 bridgehead atoms. The second-order valence-corrected chi connectivity index (χ2v) is 4.35. The van der Waals surface area contributed by atoms with Gasteiger partial charge in [0.25, 0.3) is 0 Å². The predicted molar refractivity (Wildman–Crippen MR) is 49.8 cm³/mol. The molecule has 0 aromatic carbocycles. The summed E-state index contributed by atoms with van der Waals surface area (Å²) in [6.45, 7) is 3.71. The first kappa shape index (κ1) is 8.31. The van der Waals surface area contributed by atoms with Crippen LogP contribution < -0.4 is 0 Å². The Morgan fingerprint density at radius 2 is 2.25 bits per heavy atom. The first-order valence-corrected chi connectivity index (χ1v) is 5.12. The summed E-state index contributed by atoms with van der Waals surface area (Å²) in [6.07, 6.45) is 8.03. The van der Waals surface area contributed by atoms with Crippen LogP contribution in [-0.4, -0.2) is 11.2 Å². The topological polar surface area (TPSA) is 20.2 Å². The molecule has 0 unspecified atom stereocenters. The lowest BCUT2D eigenvalue weighted by molar-refractivity contribution is 0.107. The molecule has 0 aromatic heterocycles. The minimum absolute atomic E-state index is 0.0264. The Hall–Kier alpha value is -0.300. The Balaban J connectivity index is 1.75. The molecule has 2 fully saturated rings. The van der Waals surface area contributed by atoms with E-state index in [9.17, 15) is 5.11 Å². The molecule has 0 aromatic rings. The Bertz CT molecular complexity index is 174. The van der Waals surface area contributed by atoms with Crippen molar-refractivity contribution in [1.29, 1.82) is 0 Å². The third-order valence-electron chi connectivity index (χ3n) is 3.51. The molecule has 0 saturated heterocycles. The second kappa shape index (κ2) is 3.21. The zero-order valence-corrected chi connectivity index (χ0v) is 7.58. The van der Waals surface area contributed by atoms with Crippen LogP contribution in [0.1, 0.15) is 32.1 Å². The van der Waals surface area contributed by atoms with Crippen molar-refractivity contribution in [3.63, 3.8) is 0 Å². The number of unbranched alkanes of at least 4 members (excludes halogenated alkanes) is 1. The number of hydrogen-bond donors (Lipinski definition) is 1. The summed E-state index contributed by atoms with van der Waals surface area (Å²) in [6, 6.07) is 0. The molecule has 2 aliphatic rings. The molecule has 4 atom stereocenters. The van der Waals surface area contributed by atoms with Crippen LogP contribution in [0.15, 0.2) is 12.7 Å². The molecule has 1 N–H and O–H groups in total. The van der Waals surface area contributed by atoms with E-state index in [1.807, 2.05) is 6.08 Å². The van der Waals surface area contributed by atoms with Gasteiger partial charge in [-0.05, 0) is 49.9 Å². The third kappa shape index (κ3) is 1.42. The van der Waals surface area contributed by atoms with E-state index in [1.54, 1.807) is 0 Å². The molecule has 1 heteroatoms. The van der Waals surface area contributed by atoms with E-state index in [4.69, 9.17) is 0 Å². The van der Waals surface area contributed by atoms with Crippen molar-refractivity contribution in [1.82, 2.24) is 0 Å². The first-order chi connectivity index (χ1) is 5.83. The molecular weight excluding hydrogens is 148 g/mol. The SMILES string of the molecule is C=CCCC[C@@H]1[C@H]2C[C@H]2C[C@@H]1O.